The highest BCUT2D eigenvalue weighted by molar-refractivity contribution is 5.91. The molecule has 0 atom stereocenters. The van der Waals surface area contributed by atoms with Crippen molar-refractivity contribution < 1.29 is 36.6 Å². The Kier molecular flexibility index (Phi) is 7.91. The van der Waals surface area contributed by atoms with Gasteiger partial charge in [-0.25, -0.2) is 18.6 Å². The monoisotopic (exact) mass is 469 g/mol. The maximum atomic E-state index is 13.9. The van der Waals surface area contributed by atoms with Gasteiger partial charge in [0, 0.05) is 23.7 Å². The standard InChI is InChI=1S/C20H19F2N3O.C2HF3O2/c1-11-4-9-17(12(2)19(11)24-13(3)26)23-10-15-7-5-14-6-8-16(21)18(22)20(14)25-15;3-2(4,5)1(6)7/h4-9,23H,10H2,1-3H3,(H,24,26);(H,6,7). The fraction of sp³-hybridized carbons (Fsp3) is 0.227. The molecule has 0 aliphatic heterocycles. The first kappa shape index (κ1) is 25.5. The van der Waals surface area contributed by atoms with Crippen LogP contribution in [0.25, 0.3) is 10.9 Å². The van der Waals surface area contributed by atoms with Gasteiger partial charge < -0.3 is 15.7 Å². The molecule has 2 aromatic carbocycles. The van der Waals surface area contributed by atoms with Crippen LogP contribution in [0, 0.1) is 25.5 Å². The predicted molar refractivity (Wildman–Crippen MR) is 113 cm³/mol. The molecule has 33 heavy (non-hydrogen) atoms. The lowest BCUT2D eigenvalue weighted by molar-refractivity contribution is -0.192. The van der Waals surface area contributed by atoms with Crippen molar-refractivity contribution in [3.63, 3.8) is 0 Å². The number of benzene rings is 2. The highest BCUT2D eigenvalue weighted by Gasteiger charge is 2.38. The molecular weight excluding hydrogens is 449 g/mol. The van der Waals surface area contributed by atoms with Gasteiger partial charge in [-0.15, -0.1) is 0 Å². The summed E-state index contributed by atoms with van der Waals surface area (Å²) in [7, 11) is 0. The number of aliphatic carboxylic acids is 1. The molecular formula is C22H20F5N3O3. The number of aryl methyl sites for hydroxylation is 1. The number of alkyl halides is 3. The van der Waals surface area contributed by atoms with Crippen LogP contribution in [-0.4, -0.2) is 28.1 Å². The van der Waals surface area contributed by atoms with E-state index in [-0.39, 0.29) is 11.4 Å². The molecule has 1 aromatic heterocycles. The largest absolute Gasteiger partial charge is 0.490 e. The SMILES string of the molecule is CC(=O)Nc1c(C)ccc(NCc2ccc3ccc(F)c(F)c3n2)c1C.O=C(O)C(F)(F)F. The van der Waals surface area contributed by atoms with E-state index in [2.05, 4.69) is 15.6 Å². The number of nitrogens with zero attached hydrogens (tertiary/aromatic N) is 1. The Morgan fingerprint density at radius 3 is 2.21 bits per heavy atom. The minimum absolute atomic E-state index is 0.0175. The average Bonchev–Trinajstić information content (AvgIpc) is 2.73. The van der Waals surface area contributed by atoms with Crippen molar-refractivity contribution in [2.24, 2.45) is 0 Å². The molecule has 0 radical (unpaired) electrons. The highest BCUT2D eigenvalue weighted by atomic mass is 19.4. The van der Waals surface area contributed by atoms with E-state index in [1.54, 1.807) is 12.1 Å². The lowest BCUT2D eigenvalue weighted by Gasteiger charge is -2.16. The number of amides is 1. The zero-order chi connectivity index (χ0) is 24.9. The van der Waals surface area contributed by atoms with Crippen molar-refractivity contribution >= 4 is 34.2 Å². The number of anilines is 2. The van der Waals surface area contributed by atoms with Gasteiger partial charge in [-0.3, -0.25) is 4.79 Å². The fourth-order valence-electron chi connectivity index (χ4n) is 2.86. The number of carboxylic acids is 1. The molecule has 0 fully saturated rings. The minimum atomic E-state index is -5.08. The van der Waals surface area contributed by atoms with Crippen molar-refractivity contribution in [2.45, 2.75) is 33.5 Å². The molecule has 0 aliphatic rings. The first-order valence-electron chi connectivity index (χ1n) is 9.46. The number of carbonyl (C=O) groups is 2. The van der Waals surface area contributed by atoms with E-state index in [1.807, 2.05) is 26.0 Å². The lowest BCUT2D eigenvalue weighted by Crippen LogP contribution is -2.21. The number of hydrogen-bond donors (Lipinski definition) is 3. The molecule has 6 nitrogen and oxygen atoms in total. The van der Waals surface area contributed by atoms with Crippen molar-refractivity contribution in [3.8, 4) is 0 Å². The third-order valence-corrected chi connectivity index (χ3v) is 4.49. The second kappa shape index (κ2) is 10.2. The first-order chi connectivity index (χ1) is 15.3. The van der Waals surface area contributed by atoms with Gasteiger partial charge in [0.25, 0.3) is 0 Å². The number of fused-ring (bicyclic) bond motifs is 1. The van der Waals surface area contributed by atoms with Gasteiger partial charge in [0.15, 0.2) is 11.6 Å². The summed E-state index contributed by atoms with van der Waals surface area (Å²) in [5.41, 5.74) is 4.07. The number of pyridine rings is 1. The number of aromatic nitrogens is 1. The van der Waals surface area contributed by atoms with Crippen molar-refractivity contribution in [1.29, 1.82) is 0 Å². The van der Waals surface area contributed by atoms with Crippen molar-refractivity contribution in [2.75, 3.05) is 10.6 Å². The summed E-state index contributed by atoms with van der Waals surface area (Å²) in [4.78, 5) is 24.5. The Hall–Kier alpha value is -3.76. The Morgan fingerprint density at radius 2 is 1.64 bits per heavy atom. The van der Waals surface area contributed by atoms with E-state index in [0.29, 0.717) is 17.6 Å². The summed E-state index contributed by atoms with van der Waals surface area (Å²) in [6.07, 6.45) is -5.08. The van der Waals surface area contributed by atoms with E-state index >= 15 is 0 Å². The van der Waals surface area contributed by atoms with Crippen LogP contribution in [0.15, 0.2) is 36.4 Å². The summed E-state index contributed by atoms with van der Waals surface area (Å²) < 4.78 is 59.1. The van der Waals surface area contributed by atoms with Crippen molar-refractivity contribution in [1.82, 2.24) is 4.98 Å². The van der Waals surface area contributed by atoms with Crippen molar-refractivity contribution in [3.05, 3.63) is 64.9 Å². The first-order valence-corrected chi connectivity index (χ1v) is 9.46. The molecule has 11 heteroatoms. The summed E-state index contributed by atoms with van der Waals surface area (Å²) >= 11 is 0. The molecule has 0 bridgehead atoms. The average molecular weight is 469 g/mol. The quantitative estimate of drug-likeness (QED) is 0.449. The summed E-state index contributed by atoms with van der Waals surface area (Å²) in [6.45, 7) is 5.63. The summed E-state index contributed by atoms with van der Waals surface area (Å²) in [5, 5.41) is 13.7. The number of halogens is 5. The Morgan fingerprint density at radius 1 is 1.03 bits per heavy atom. The predicted octanol–water partition coefficient (Wildman–Crippen LogP) is 5.33. The van der Waals surface area contributed by atoms with E-state index in [1.165, 1.54) is 13.0 Å². The molecule has 176 valence electrons. The molecule has 3 N–H and O–H groups in total. The van der Waals surface area contributed by atoms with Crippen LogP contribution in [0.1, 0.15) is 23.7 Å². The molecule has 3 rings (SSSR count). The lowest BCUT2D eigenvalue weighted by atomic mass is 10.1. The van der Waals surface area contributed by atoms with Crippen LogP contribution in [0.2, 0.25) is 0 Å². The van der Waals surface area contributed by atoms with E-state index < -0.39 is 23.8 Å². The molecule has 0 saturated carbocycles. The molecule has 0 aliphatic carbocycles. The van der Waals surface area contributed by atoms with Crippen LogP contribution in [0.5, 0.6) is 0 Å². The second-order valence-electron chi connectivity index (χ2n) is 7.00. The molecule has 1 heterocycles. The number of nitrogens with one attached hydrogen (secondary N) is 2. The van der Waals surface area contributed by atoms with Gasteiger partial charge in [0.05, 0.1) is 12.2 Å². The van der Waals surface area contributed by atoms with Crippen LogP contribution in [-0.2, 0) is 16.1 Å². The summed E-state index contributed by atoms with van der Waals surface area (Å²) in [5.74, 6) is -4.75. The Balaban J connectivity index is 0.000000479. The van der Waals surface area contributed by atoms with Crippen LogP contribution in [0.4, 0.5) is 33.3 Å². The molecule has 0 unspecified atom stereocenters. The van der Waals surface area contributed by atoms with Gasteiger partial charge in [-0.05, 0) is 49.2 Å². The second-order valence-corrected chi connectivity index (χ2v) is 7.00. The number of carbonyl (C=O) groups excluding carboxylic acids is 1. The highest BCUT2D eigenvalue weighted by Crippen LogP contribution is 2.28. The zero-order valence-electron chi connectivity index (χ0n) is 17.8. The molecule has 3 aromatic rings. The molecule has 1 amide bonds. The fourth-order valence-corrected chi connectivity index (χ4v) is 2.86. The van der Waals surface area contributed by atoms with Crippen LogP contribution in [0.3, 0.4) is 0 Å². The van der Waals surface area contributed by atoms with Gasteiger partial charge in [-0.2, -0.15) is 13.2 Å². The van der Waals surface area contributed by atoms with E-state index in [4.69, 9.17) is 9.90 Å². The minimum Gasteiger partial charge on any atom is -0.475 e. The Bertz CT molecular complexity index is 1200. The number of hydrogen-bond acceptors (Lipinski definition) is 4. The maximum Gasteiger partial charge on any atom is 0.490 e. The van der Waals surface area contributed by atoms with E-state index in [9.17, 15) is 26.7 Å². The van der Waals surface area contributed by atoms with Gasteiger partial charge in [-0.1, -0.05) is 12.1 Å². The van der Waals surface area contributed by atoms with Gasteiger partial charge >= 0.3 is 12.1 Å². The third-order valence-electron chi connectivity index (χ3n) is 4.49. The van der Waals surface area contributed by atoms with Crippen LogP contribution < -0.4 is 10.6 Å². The number of carboxylic acid groups (broad SMARTS) is 1. The summed E-state index contributed by atoms with van der Waals surface area (Å²) in [6, 6.07) is 9.90. The Labute approximate surface area is 185 Å². The third kappa shape index (κ3) is 6.61. The van der Waals surface area contributed by atoms with Gasteiger partial charge in [0.2, 0.25) is 5.91 Å². The van der Waals surface area contributed by atoms with E-state index in [0.717, 1.165) is 28.6 Å². The topological polar surface area (TPSA) is 91.3 Å². The smallest absolute Gasteiger partial charge is 0.475 e. The normalized spacial score (nSPS) is 10.9. The van der Waals surface area contributed by atoms with Gasteiger partial charge in [0.1, 0.15) is 5.52 Å². The molecule has 0 saturated heterocycles. The number of rotatable bonds is 4. The van der Waals surface area contributed by atoms with Crippen LogP contribution >= 0.6 is 0 Å². The molecule has 0 spiro atoms. The zero-order valence-corrected chi connectivity index (χ0v) is 17.8. The maximum absolute atomic E-state index is 13.9.